The summed E-state index contributed by atoms with van der Waals surface area (Å²) in [4.78, 5) is 39.5. The van der Waals surface area contributed by atoms with E-state index in [0.717, 1.165) is 34.2 Å². The molecule has 0 spiro atoms. The van der Waals surface area contributed by atoms with E-state index in [1.54, 1.807) is 6.92 Å². The van der Waals surface area contributed by atoms with Gasteiger partial charge >= 0.3 is 0 Å². The van der Waals surface area contributed by atoms with Gasteiger partial charge in [0.1, 0.15) is 5.69 Å². The lowest BCUT2D eigenvalue weighted by atomic mass is 10.1. The number of nitrogens with zero attached hydrogens (tertiary/aromatic N) is 4. The average Bonchev–Trinajstić information content (AvgIpc) is 2.62. The van der Waals surface area contributed by atoms with Crippen molar-refractivity contribution in [3.63, 3.8) is 0 Å². The van der Waals surface area contributed by atoms with Crippen LogP contribution in [-0.4, -0.2) is 44.0 Å². The number of carbonyl (C=O) groups is 2. The fourth-order valence-corrected chi connectivity index (χ4v) is 3.29. The van der Waals surface area contributed by atoms with Crippen LogP contribution in [0, 0.1) is 20.8 Å². The van der Waals surface area contributed by atoms with Gasteiger partial charge < -0.3 is 0 Å². The van der Waals surface area contributed by atoms with E-state index in [0.29, 0.717) is 16.4 Å². The van der Waals surface area contributed by atoms with Crippen molar-refractivity contribution in [2.24, 2.45) is 0 Å². The van der Waals surface area contributed by atoms with Gasteiger partial charge in [-0.25, -0.2) is 19.9 Å². The molecular formula is C19H26N4O2S2. The summed E-state index contributed by atoms with van der Waals surface area (Å²) in [5, 5.41) is 1.40. The minimum atomic E-state index is -0.00157. The Morgan fingerprint density at radius 2 is 1.33 bits per heavy atom. The molecule has 0 aromatic carbocycles. The van der Waals surface area contributed by atoms with Crippen LogP contribution >= 0.6 is 23.5 Å². The molecule has 0 saturated heterocycles. The summed E-state index contributed by atoms with van der Waals surface area (Å²) in [5.74, 6) is 0.0466. The number of hydrogen-bond acceptors (Lipinski definition) is 8. The lowest BCUT2D eigenvalue weighted by Crippen LogP contribution is -2.08. The number of aryl methyl sites for hydroxylation is 3. The van der Waals surface area contributed by atoms with E-state index >= 15 is 0 Å². The largest absolute Gasteiger partial charge is 0.294 e. The first-order chi connectivity index (χ1) is 12.7. The Morgan fingerprint density at radius 1 is 0.815 bits per heavy atom. The molecule has 2 rings (SSSR count). The highest BCUT2D eigenvalue weighted by atomic mass is 32.2. The molecule has 0 atom stereocenters. The summed E-state index contributed by atoms with van der Waals surface area (Å²) in [6, 6.07) is 0. The molecule has 2 aromatic rings. The number of carbonyl (C=O) groups excluding carboxylic acids is 2. The second-order valence-corrected chi connectivity index (χ2v) is 7.40. The second kappa shape index (κ2) is 10.5. The Morgan fingerprint density at radius 3 is 1.78 bits per heavy atom. The predicted octanol–water partition coefficient (Wildman–Crippen LogP) is 4.29. The van der Waals surface area contributed by atoms with Crippen molar-refractivity contribution in [1.29, 1.82) is 0 Å². The van der Waals surface area contributed by atoms with Crippen molar-refractivity contribution in [1.82, 2.24) is 19.9 Å². The molecule has 0 unspecified atom stereocenters. The molecule has 6 nitrogen and oxygen atoms in total. The number of rotatable bonds is 5. The van der Waals surface area contributed by atoms with Crippen molar-refractivity contribution in [2.45, 2.75) is 58.3 Å². The molecule has 27 heavy (non-hydrogen) atoms. The SMILES string of the molecule is CCc1nc(SC)nc(C)c1C(C)=O.CSc1nc(C)c(C)c(C(C)=O)n1. The summed E-state index contributed by atoms with van der Waals surface area (Å²) in [5.41, 5.74) is 4.63. The molecule has 0 aliphatic carbocycles. The van der Waals surface area contributed by atoms with Crippen molar-refractivity contribution in [3.05, 3.63) is 33.9 Å². The Labute approximate surface area is 169 Å². The van der Waals surface area contributed by atoms with Crippen LogP contribution in [0.15, 0.2) is 10.3 Å². The van der Waals surface area contributed by atoms with Gasteiger partial charge in [0.05, 0.1) is 17.0 Å². The normalized spacial score (nSPS) is 10.2. The molecule has 0 saturated carbocycles. The highest BCUT2D eigenvalue weighted by molar-refractivity contribution is 7.98. The maximum Gasteiger partial charge on any atom is 0.188 e. The summed E-state index contributed by atoms with van der Waals surface area (Å²) in [7, 11) is 0. The molecule has 0 N–H and O–H groups in total. The highest BCUT2D eigenvalue weighted by Crippen LogP contribution is 2.17. The zero-order valence-corrected chi connectivity index (χ0v) is 18.8. The fraction of sp³-hybridized carbons (Fsp3) is 0.474. The minimum absolute atomic E-state index is 0.00157. The van der Waals surface area contributed by atoms with Gasteiger partial charge in [-0.05, 0) is 52.2 Å². The molecule has 0 fully saturated rings. The maximum atomic E-state index is 11.4. The molecule has 0 aliphatic heterocycles. The molecule has 0 radical (unpaired) electrons. The smallest absolute Gasteiger partial charge is 0.188 e. The Bertz CT molecular complexity index is 854. The number of aromatic nitrogens is 4. The van der Waals surface area contributed by atoms with Crippen LogP contribution in [0.5, 0.6) is 0 Å². The number of Topliss-reactive ketones (excluding diaryl/α,β-unsaturated/α-hetero) is 2. The van der Waals surface area contributed by atoms with Gasteiger partial charge in [0, 0.05) is 12.6 Å². The first kappa shape index (κ1) is 23.2. The molecule has 0 amide bonds. The lowest BCUT2D eigenvalue weighted by Gasteiger charge is -2.08. The van der Waals surface area contributed by atoms with E-state index in [1.165, 1.54) is 30.4 Å². The molecule has 0 aliphatic rings. The number of hydrogen-bond donors (Lipinski definition) is 0. The van der Waals surface area contributed by atoms with Crippen LogP contribution in [0.1, 0.15) is 64.3 Å². The molecule has 8 heteroatoms. The summed E-state index contributed by atoms with van der Waals surface area (Å²) in [6.07, 6.45) is 4.60. The van der Waals surface area contributed by atoms with Gasteiger partial charge in [0.25, 0.3) is 0 Å². The van der Waals surface area contributed by atoms with Crippen LogP contribution < -0.4 is 0 Å². The Balaban J connectivity index is 0.000000271. The quantitative estimate of drug-likeness (QED) is 0.413. The highest BCUT2D eigenvalue weighted by Gasteiger charge is 2.13. The summed E-state index contributed by atoms with van der Waals surface area (Å²) < 4.78 is 0. The summed E-state index contributed by atoms with van der Waals surface area (Å²) in [6.45, 7) is 10.7. The first-order valence-electron chi connectivity index (χ1n) is 8.48. The van der Waals surface area contributed by atoms with Crippen LogP contribution in [-0.2, 0) is 6.42 Å². The molecule has 146 valence electrons. The van der Waals surface area contributed by atoms with Crippen LogP contribution in [0.3, 0.4) is 0 Å². The van der Waals surface area contributed by atoms with Gasteiger partial charge in [-0.15, -0.1) is 0 Å². The molecule has 2 heterocycles. The van der Waals surface area contributed by atoms with E-state index in [9.17, 15) is 9.59 Å². The van der Waals surface area contributed by atoms with Gasteiger partial charge in [-0.3, -0.25) is 9.59 Å². The number of thioether (sulfide) groups is 2. The number of ketones is 2. The predicted molar refractivity (Wildman–Crippen MR) is 111 cm³/mol. The molecule has 2 aromatic heterocycles. The van der Waals surface area contributed by atoms with E-state index in [1.807, 2.05) is 40.2 Å². The second-order valence-electron chi connectivity index (χ2n) is 5.85. The van der Waals surface area contributed by atoms with E-state index < -0.39 is 0 Å². The van der Waals surface area contributed by atoms with Gasteiger partial charge in [0.2, 0.25) is 0 Å². The van der Waals surface area contributed by atoms with Crippen molar-refractivity contribution in [3.8, 4) is 0 Å². The fourth-order valence-electron chi connectivity index (χ4n) is 2.45. The van der Waals surface area contributed by atoms with Crippen LogP contribution in [0.2, 0.25) is 0 Å². The Hall–Kier alpha value is -1.80. The van der Waals surface area contributed by atoms with Gasteiger partial charge in [-0.1, -0.05) is 30.4 Å². The van der Waals surface area contributed by atoms with Crippen molar-refractivity contribution >= 4 is 35.1 Å². The zero-order chi connectivity index (χ0) is 20.7. The Kier molecular flexibility index (Phi) is 9.05. The monoisotopic (exact) mass is 406 g/mol. The van der Waals surface area contributed by atoms with Crippen molar-refractivity contribution < 1.29 is 9.59 Å². The zero-order valence-electron chi connectivity index (χ0n) is 17.1. The molecule has 0 bridgehead atoms. The summed E-state index contributed by atoms with van der Waals surface area (Å²) >= 11 is 2.95. The third kappa shape index (κ3) is 6.10. The van der Waals surface area contributed by atoms with Crippen LogP contribution in [0.25, 0.3) is 0 Å². The van der Waals surface area contributed by atoms with E-state index in [4.69, 9.17) is 0 Å². The van der Waals surface area contributed by atoms with E-state index in [2.05, 4.69) is 19.9 Å². The maximum absolute atomic E-state index is 11.4. The first-order valence-corrected chi connectivity index (χ1v) is 10.9. The standard InChI is InChI=1S/C10H14N2OS.C9H12N2OS/c1-5-8-9(7(3)13)6(2)11-10(12-8)14-4;1-5-6(2)10-9(13-4)11-8(5)7(3)12/h5H2,1-4H3;1-4H3. The third-order valence-corrected chi connectivity index (χ3v) is 4.99. The van der Waals surface area contributed by atoms with Gasteiger partial charge in [-0.2, -0.15) is 0 Å². The van der Waals surface area contributed by atoms with Crippen molar-refractivity contribution in [2.75, 3.05) is 12.5 Å². The lowest BCUT2D eigenvalue weighted by molar-refractivity contribution is 0.1000. The third-order valence-electron chi connectivity index (χ3n) is 3.90. The van der Waals surface area contributed by atoms with Gasteiger partial charge in [0.15, 0.2) is 21.9 Å². The molecular weight excluding hydrogens is 380 g/mol. The van der Waals surface area contributed by atoms with Crippen LogP contribution in [0.4, 0.5) is 0 Å². The topological polar surface area (TPSA) is 85.7 Å². The van der Waals surface area contributed by atoms with E-state index in [-0.39, 0.29) is 11.6 Å². The average molecular weight is 407 g/mol. The minimum Gasteiger partial charge on any atom is -0.294 e.